The van der Waals surface area contributed by atoms with Gasteiger partial charge in [0, 0.05) is 37.7 Å². The van der Waals surface area contributed by atoms with E-state index in [4.69, 9.17) is 4.98 Å². The summed E-state index contributed by atoms with van der Waals surface area (Å²) >= 11 is 0. The van der Waals surface area contributed by atoms with Crippen molar-refractivity contribution in [2.45, 2.75) is 83.7 Å². The van der Waals surface area contributed by atoms with E-state index in [1.54, 1.807) is 5.69 Å². The Morgan fingerprint density at radius 2 is 2.00 bits per heavy atom. The summed E-state index contributed by atoms with van der Waals surface area (Å²) in [5, 5.41) is 3.50. The van der Waals surface area contributed by atoms with Gasteiger partial charge >= 0.3 is 0 Å². The lowest BCUT2D eigenvalue weighted by molar-refractivity contribution is 0.128. The summed E-state index contributed by atoms with van der Waals surface area (Å²) < 4.78 is 2.67. The smallest absolute Gasteiger partial charge is 0.112 e. The predicted octanol–water partition coefficient (Wildman–Crippen LogP) is 3.77. The minimum absolute atomic E-state index is 0.544. The third kappa shape index (κ3) is 2.54. The first-order chi connectivity index (χ1) is 10.3. The van der Waals surface area contributed by atoms with Crippen LogP contribution in [0.4, 0.5) is 0 Å². The maximum atomic E-state index is 5.12. The van der Waals surface area contributed by atoms with Crippen molar-refractivity contribution in [1.29, 1.82) is 0 Å². The van der Waals surface area contributed by atoms with E-state index in [0.29, 0.717) is 5.41 Å². The SMILES string of the molecule is CC1(Cn2c(C3CCCCC3)nc3c2CCNC3)CCC1. The quantitative estimate of drug-likeness (QED) is 0.917. The van der Waals surface area contributed by atoms with E-state index < -0.39 is 0 Å². The van der Waals surface area contributed by atoms with Gasteiger partial charge in [-0.1, -0.05) is 32.6 Å². The molecule has 1 N–H and O–H groups in total. The van der Waals surface area contributed by atoms with E-state index in [1.165, 1.54) is 75.9 Å². The zero-order chi connectivity index (χ0) is 14.3. The summed E-state index contributed by atoms with van der Waals surface area (Å²) in [4.78, 5) is 5.12. The summed E-state index contributed by atoms with van der Waals surface area (Å²) in [5.41, 5.74) is 3.45. The van der Waals surface area contributed by atoms with Crippen molar-refractivity contribution >= 4 is 0 Å². The fourth-order valence-corrected chi connectivity index (χ4v) is 4.56. The van der Waals surface area contributed by atoms with Crippen LogP contribution in [-0.4, -0.2) is 16.1 Å². The minimum Gasteiger partial charge on any atom is -0.331 e. The monoisotopic (exact) mass is 287 g/mol. The van der Waals surface area contributed by atoms with Crippen LogP contribution >= 0.6 is 0 Å². The molecule has 1 aromatic heterocycles. The Bertz CT molecular complexity index is 507. The van der Waals surface area contributed by atoms with Gasteiger partial charge in [0.25, 0.3) is 0 Å². The van der Waals surface area contributed by atoms with Gasteiger partial charge in [-0.05, 0) is 31.1 Å². The van der Waals surface area contributed by atoms with E-state index in [9.17, 15) is 0 Å². The van der Waals surface area contributed by atoms with Gasteiger partial charge < -0.3 is 9.88 Å². The van der Waals surface area contributed by atoms with Crippen LogP contribution in [0.2, 0.25) is 0 Å². The summed E-state index contributed by atoms with van der Waals surface area (Å²) in [6.45, 7) is 5.81. The lowest BCUT2D eigenvalue weighted by Crippen LogP contribution is -2.33. The number of fused-ring (bicyclic) bond motifs is 1. The molecule has 0 atom stereocenters. The fourth-order valence-electron chi connectivity index (χ4n) is 4.56. The highest BCUT2D eigenvalue weighted by molar-refractivity contribution is 5.23. The molecule has 2 heterocycles. The van der Waals surface area contributed by atoms with Gasteiger partial charge in [-0.2, -0.15) is 0 Å². The normalized spacial score (nSPS) is 25.4. The molecule has 0 bridgehead atoms. The van der Waals surface area contributed by atoms with Gasteiger partial charge in [0.2, 0.25) is 0 Å². The highest BCUT2D eigenvalue weighted by Gasteiger charge is 2.35. The summed E-state index contributed by atoms with van der Waals surface area (Å²) in [7, 11) is 0. The molecule has 4 rings (SSSR count). The second kappa shape index (κ2) is 5.42. The van der Waals surface area contributed by atoms with Gasteiger partial charge in [0.05, 0.1) is 5.69 Å². The zero-order valence-corrected chi connectivity index (χ0v) is 13.5. The molecule has 0 spiro atoms. The minimum atomic E-state index is 0.544. The lowest BCUT2D eigenvalue weighted by atomic mass is 9.70. The van der Waals surface area contributed by atoms with Gasteiger partial charge in [-0.25, -0.2) is 4.98 Å². The maximum absolute atomic E-state index is 5.12. The molecule has 2 aliphatic carbocycles. The van der Waals surface area contributed by atoms with Crippen molar-refractivity contribution in [1.82, 2.24) is 14.9 Å². The Morgan fingerprint density at radius 1 is 1.19 bits per heavy atom. The van der Waals surface area contributed by atoms with Gasteiger partial charge in [0.15, 0.2) is 0 Å². The summed E-state index contributed by atoms with van der Waals surface area (Å²) in [6.07, 6.45) is 12.4. The number of hydrogen-bond donors (Lipinski definition) is 1. The number of hydrogen-bond acceptors (Lipinski definition) is 2. The molecule has 3 heteroatoms. The molecule has 21 heavy (non-hydrogen) atoms. The van der Waals surface area contributed by atoms with Crippen molar-refractivity contribution in [3.8, 4) is 0 Å². The highest BCUT2D eigenvalue weighted by Crippen LogP contribution is 2.43. The third-order valence-electron chi connectivity index (χ3n) is 6.09. The standard InChI is InChI=1S/C18H29N3/c1-18(9-5-10-18)13-21-16-8-11-19-12-15(16)20-17(21)14-6-3-2-4-7-14/h14,19H,2-13H2,1H3. The molecular weight excluding hydrogens is 258 g/mol. The molecule has 2 fully saturated rings. The van der Waals surface area contributed by atoms with Crippen LogP contribution in [-0.2, 0) is 19.5 Å². The maximum Gasteiger partial charge on any atom is 0.112 e. The van der Waals surface area contributed by atoms with Crippen LogP contribution < -0.4 is 5.32 Å². The second-order valence-electron chi connectivity index (χ2n) is 7.88. The predicted molar refractivity (Wildman–Crippen MR) is 85.4 cm³/mol. The van der Waals surface area contributed by atoms with Crippen LogP contribution in [0.5, 0.6) is 0 Å². The van der Waals surface area contributed by atoms with Gasteiger partial charge in [0.1, 0.15) is 5.82 Å². The third-order valence-corrected chi connectivity index (χ3v) is 6.09. The van der Waals surface area contributed by atoms with Crippen LogP contribution in [0.15, 0.2) is 0 Å². The van der Waals surface area contributed by atoms with E-state index in [1.807, 2.05) is 0 Å². The molecule has 1 aliphatic heterocycles. The first-order valence-corrected chi connectivity index (χ1v) is 9.04. The van der Waals surface area contributed by atoms with Crippen LogP contribution in [0.25, 0.3) is 0 Å². The number of nitrogens with zero attached hydrogens (tertiary/aromatic N) is 2. The topological polar surface area (TPSA) is 29.9 Å². The Morgan fingerprint density at radius 3 is 2.71 bits per heavy atom. The molecule has 2 saturated carbocycles. The number of nitrogens with one attached hydrogen (secondary N) is 1. The molecule has 0 unspecified atom stereocenters. The Kier molecular flexibility index (Phi) is 3.56. The van der Waals surface area contributed by atoms with Gasteiger partial charge in [-0.3, -0.25) is 0 Å². The fraction of sp³-hybridized carbons (Fsp3) is 0.833. The average Bonchev–Trinajstić information content (AvgIpc) is 2.85. The highest BCUT2D eigenvalue weighted by atomic mass is 15.1. The molecule has 0 amide bonds. The number of rotatable bonds is 3. The number of imidazole rings is 1. The van der Waals surface area contributed by atoms with Crippen LogP contribution in [0.3, 0.4) is 0 Å². The van der Waals surface area contributed by atoms with E-state index in [2.05, 4.69) is 16.8 Å². The molecular formula is C18H29N3. The van der Waals surface area contributed by atoms with E-state index in [-0.39, 0.29) is 0 Å². The molecule has 0 aromatic carbocycles. The van der Waals surface area contributed by atoms with Crippen LogP contribution in [0.1, 0.15) is 81.4 Å². The largest absolute Gasteiger partial charge is 0.331 e. The zero-order valence-electron chi connectivity index (χ0n) is 13.5. The molecule has 0 radical (unpaired) electrons. The average molecular weight is 287 g/mol. The van der Waals surface area contributed by atoms with E-state index >= 15 is 0 Å². The molecule has 3 aliphatic rings. The lowest BCUT2D eigenvalue weighted by Gasteiger charge is -2.40. The first kappa shape index (κ1) is 13.8. The second-order valence-corrected chi connectivity index (χ2v) is 7.88. The molecule has 0 saturated heterocycles. The van der Waals surface area contributed by atoms with E-state index in [0.717, 1.165) is 19.0 Å². The van der Waals surface area contributed by atoms with Gasteiger partial charge in [-0.15, -0.1) is 0 Å². The summed E-state index contributed by atoms with van der Waals surface area (Å²) in [6, 6.07) is 0. The van der Waals surface area contributed by atoms with Crippen LogP contribution in [0, 0.1) is 5.41 Å². The molecule has 3 nitrogen and oxygen atoms in total. The molecule has 1 aromatic rings. The van der Waals surface area contributed by atoms with Crippen molar-refractivity contribution in [3.05, 3.63) is 17.2 Å². The number of aromatic nitrogens is 2. The Hall–Kier alpha value is -0.830. The first-order valence-electron chi connectivity index (χ1n) is 9.04. The van der Waals surface area contributed by atoms with Crippen molar-refractivity contribution in [3.63, 3.8) is 0 Å². The Balaban J connectivity index is 1.68. The summed E-state index contributed by atoms with van der Waals surface area (Å²) in [5.74, 6) is 2.17. The van der Waals surface area contributed by atoms with Crippen molar-refractivity contribution in [2.75, 3.05) is 6.54 Å². The van der Waals surface area contributed by atoms with Crippen molar-refractivity contribution < 1.29 is 0 Å². The van der Waals surface area contributed by atoms with Crippen molar-refractivity contribution in [2.24, 2.45) is 5.41 Å². The Labute approximate surface area is 128 Å². The molecule has 116 valence electrons.